The molecular formula is C31H42N2O3. The van der Waals surface area contributed by atoms with Crippen LogP contribution >= 0.6 is 0 Å². The molecule has 0 aliphatic carbocycles. The molecule has 0 spiro atoms. The number of para-hydroxylation sites is 1. The lowest BCUT2D eigenvalue weighted by atomic mass is 10.2. The fourth-order valence-corrected chi connectivity index (χ4v) is 3.08. The molecule has 0 bridgehead atoms. The zero-order valence-electron chi connectivity index (χ0n) is 21.6. The van der Waals surface area contributed by atoms with Gasteiger partial charge in [0.2, 0.25) is 5.91 Å². The van der Waals surface area contributed by atoms with Crippen molar-refractivity contribution >= 4 is 11.8 Å². The zero-order valence-corrected chi connectivity index (χ0v) is 21.6. The molecule has 0 aliphatic heterocycles. The van der Waals surface area contributed by atoms with Crippen LogP contribution in [0.1, 0.15) is 68.6 Å². The normalized spacial score (nSPS) is 12.2. The molecule has 1 rings (SSSR count). The fraction of sp³-hybridized carbons (Fsp3) is 0.355. The number of rotatable bonds is 18. The summed E-state index contributed by atoms with van der Waals surface area (Å²) in [6.07, 6.45) is 32.8. The first-order valence-electron chi connectivity index (χ1n) is 12.9. The Kier molecular flexibility index (Phi) is 18.5. The molecule has 1 aromatic carbocycles. The van der Waals surface area contributed by atoms with E-state index in [-0.39, 0.29) is 23.1 Å². The summed E-state index contributed by atoms with van der Waals surface area (Å²) in [4.78, 5) is 23.8. The molecule has 1 aromatic rings. The second-order valence-electron chi connectivity index (χ2n) is 8.08. The van der Waals surface area contributed by atoms with E-state index in [0.717, 1.165) is 38.5 Å². The van der Waals surface area contributed by atoms with Crippen LogP contribution in [-0.2, 0) is 4.79 Å². The van der Waals surface area contributed by atoms with Crippen LogP contribution in [0.2, 0.25) is 0 Å². The molecule has 5 nitrogen and oxygen atoms in total. The van der Waals surface area contributed by atoms with Crippen LogP contribution in [0.4, 0.5) is 0 Å². The maximum absolute atomic E-state index is 12.0. The second-order valence-corrected chi connectivity index (χ2v) is 8.08. The van der Waals surface area contributed by atoms with Crippen molar-refractivity contribution < 1.29 is 14.7 Å². The van der Waals surface area contributed by atoms with E-state index in [0.29, 0.717) is 25.9 Å². The molecule has 0 aliphatic rings. The summed E-state index contributed by atoms with van der Waals surface area (Å²) in [5.74, 6) is -0.470. The Hall–Kier alpha value is -3.60. The van der Waals surface area contributed by atoms with Crippen LogP contribution in [-0.4, -0.2) is 30.0 Å². The highest BCUT2D eigenvalue weighted by Gasteiger charge is 2.09. The summed E-state index contributed by atoms with van der Waals surface area (Å²) in [6.45, 7) is 2.80. The number of allylic oxidation sites excluding steroid dienone is 12. The third-order valence-electron chi connectivity index (χ3n) is 5.02. The molecule has 3 N–H and O–H groups in total. The number of aromatic hydroxyl groups is 1. The van der Waals surface area contributed by atoms with Crippen LogP contribution < -0.4 is 10.6 Å². The number of phenols is 1. The van der Waals surface area contributed by atoms with Crippen LogP contribution in [0.15, 0.2) is 97.2 Å². The topological polar surface area (TPSA) is 78.4 Å². The molecule has 0 unspecified atom stereocenters. The minimum atomic E-state index is -0.361. The van der Waals surface area contributed by atoms with Crippen LogP contribution in [0.25, 0.3) is 0 Å². The third kappa shape index (κ3) is 16.9. The first-order chi connectivity index (χ1) is 17.6. The van der Waals surface area contributed by atoms with Gasteiger partial charge in [0, 0.05) is 19.5 Å². The maximum Gasteiger partial charge on any atom is 0.255 e. The Morgan fingerprint density at radius 2 is 1.17 bits per heavy atom. The molecule has 0 saturated heterocycles. The SMILES string of the molecule is CCC=CCC=CCC=CCC=CCC=CCC=CCCC(=O)NCCNC(=O)c1ccccc1O. The summed E-state index contributed by atoms with van der Waals surface area (Å²) in [5, 5.41) is 15.1. The lowest BCUT2D eigenvalue weighted by Gasteiger charge is -2.07. The number of benzene rings is 1. The smallest absolute Gasteiger partial charge is 0.255 e. The van der Waals surface area contributed by atoms with Gasteiger partial charge in [-0.2, -0.15) is 0 Å². The van der Waals surface area contributed by atoms with Crippen LogP contribution in [0, 0.1) is 0 Å². The monoisotopic (exact) mass is 490 g/mol. The van der Waals surface area contributed by atoms with Crippen LogP contribution in [0.5, 0.6) is 5.75 Å². The van der Waals surface area contributed by atoms with Gasteiger partial charge in [-0.3, -0.25) is 9.59 Å². The predicted octanol–water partition coefficient (Wildman–Crippen LogP) is 6.72. The number of carbonyl (C=O) groups excluding carboxylic acids is 2. The van der Waals surface area contributed by atoms with Crippen LogP contribution in [0.3, 0.4) is 0 Å². The molecule has 0 fully saturated rings. The van der Waals surface area contributed by atoms with E-state index >= 15 is 0 Å². The van der Waals surface area contributed by atoms with Gasteiger partial charge in [0.05, 0.1) is 5.56 Å². The minimum Gasteiger partial charge on any atom is -0.507 e. The van der Waals surface area contributed by atoms with Gasteiger partial charge in [0.25, 0.3) is 5.91 Å². The second kappa shape index (κ2) is 21.9. The quantitative estimate of drug-likeness (QED) is 0.158. The van der Waals surface area contributed by atoms with Gasteiger partial charge in [-0.1, -0.05) is 92.0 Å². The van der Waals surface area contributed by atoms with Crippen molar-refractivity contribution in [2.45, 2.75) is 58.3 Å². The number of phenolic OH excluding ortho intramolecular Hbond substituents is 1. The van der Waals surface area contributed by atoms with Crippen molar-refractivity contribution in [1.82, 2.24) is 10.6 Å². The van der Waals surface area contributed by atoms with E-state index in [2.05, 4.69) is 84.4 Å². The number of hydrogen-bond donors (Lipinski definition) is 3. The molecule has 0 saturated carbocycles. The minimum absolute atomic E-state index is 0.0497. The molecule has 5 heteroatoms. The Morgan fingerprint density at radius 3 is 1.69 bits per heavy atom. The molecule has 0 radical (unpaired) electrons. The van der Waals surface area contributed by atoms with Gasteiger partial charge in [-0.15, -0.1) is 0 Å². The third-order valence-corrected chi connectivity index (χ3v) is 5.02. The van der Waals surface area contributed by atoms with E-state index in [4.69, 9.17) is 0 Å². The summed E-state index contributed by atoms with van der Waals surface area (Å²) >= 11 is 0. The molecule has 2 amide bonds. The lowest BCUT2D eigenvalue weighted by Crippen LogP contribution is -2.34. The van der Waals surface area contributed by atoms with Crippen molar-refractivity contribution in [2.75, 3.05) is 13.1 Å². The van der Waals surface area contributed by atoms with E-state index in [1.54, 1.807) is 18.2 Å². The predicted molar refractivity (Wildman–Crippen MR) is 151 cm³/mol. The summed E-state index contributed by atoms with van der Waals surface area (Å²) in [7, 11) is 0. The van der Waals surface area contributed by atoms with E-state index in [9.17, 15) is 14.7 Å². The van der Waals surface area contributed by atoms with Crippen molar-refractivity contribution in [3.8, 4) is 5.75 Å². The van der Waals surface area contributed by atoms with E-state index in [1.165, 1.54) is 6.07 Å². The Morgan fingerprint density at radius 1 is 0.694 bits per heavy atom. The highest BCUT2D eigenvalue weighted by molar-refractivity contribution is 5.96. The molecular weight excluding hydrogens is 448 g/mol. The maximum atomic E-state index is 12.0. The summed E-state index contributed by atoms with van der Waals surface area (Å²) < 4.78 is 0. The van der Waals surface area contributed by atoms with Crippen molar-refractivity contribution in [2.24, 2.45) is 0 Å². The largest absolute Gasteiger partial charge is 0.507 e. The molecule has 0 aromatic heterocycles. The molecule has 0 atom stereocenters. The number of carbonyl (C=O) groups is 2. The molecule has 36 heavy (non-hydrogen) atoms. The first-order valence-corrected chi connectivity index (χ1v) is 12.9. The Labute approximate surface area is 217 Å². The number of hydrogen-bond acceptors (Lipinski definition) is 3. The van der Waals surface area contributed by atoms with Crippen molar-refractivity contribution in [3.63, 3.8) is 0 Å². The van der Waals surface area contributed by atoms with E-state index < -0.39 is 0 Å². The van der Waals surface area contributed by atoms with Crippen molar-refractivity contribution in [3.05, 3.63) is 103 Å². The standard InChI is InChI=1S/C31H42N2O3/c1-2-3-4-5-6-7-8-9-10-11-12-13-14-15-16-17-18-19-20-25-30(35)32-26-27-33-31(36)28-23-21-22-24-29(28)34/h3-4,6-7,9-10,12-13,15-16,18-19,21-24,34H,2,5,8,11,14,17,20,25-27H2,1H3,(H,32,35)(H,33,36). The average molecular weight is 491 g/mol. The van der Waals surface area contributed by atoms with Gasteiger partial charge in [0.1, 0.15) is 5.75 Å². The first kappa shape index (κ1) is 30.4. The van der Waals surface area contributed by atoms with E-state index in [1.807, 2.05) is 6.08 Å². The summed E-state index contributed by atoms with van der Waals surface area (Å²) in [6, 6.07) is 6.36. The van der Waals surface area contributed by atoms with Gasteiger partial charge < -0.3 is 15.7 Å². The van der Waals surface area contributed by atoms with Gasteiger partial charge in [0.15, 0.2) is 0 Å². The number of amides is 2. The molecule has 0 heterocycles. The van der Waals surface area contributed by atoms with Gasteiger partial charge in [-0.25, -0.2) is 0 Å². The highest BCUT2D eigenvalue weighted by atomic mass is 16.3. The Balaban J connectivity index is 1.99. The zero-order chi connectivity index (χ0) is 26.1. The Bertz CT molecular complexity index is 924. The summed E-state index contributed by atoms with van der Waals surface area (Å²) in [5.41, 5.74) is 0.224. The lowest BCUT2D eigenvalue weighted by molar-refractivity contribution is -0.120. The van der Waals surface area contributed by atoms with Gasteiger partial charge >= 0.3 is 0 Å². The molecule has 194 valence electrons. The highest BCUT2D eigenvalue weighted by Crippen LogP contribution is 2.14. The average Bonchev–Trinajstić information content (AvgIpc) is 2.88. The number of nitrogens with one attached hydrogen (secondary N) is 2. The van der Waals surface area contributed by atoms with Gasteiger partial charge in [-0.05, 0) is 57.1 Å². The van der Waals surface area contributed by atoms with Crippen molar-refractivity contribution in [1.29, 1.82) is 0 Å². The fourth-order valence-electron chi connectivity index (χ4n) is 3.08.